The van der Waals surface area contributed by atoms with Crippen LogP contribution in [0.5, 0.6) is 0 Å². The second-order valence-electron chi connectivity index (χ2n) is 7.21. The maximum Gasteiger partial charge on any atom is 0.407 e. The van der Waals surface area contributed by atoms with E-state index >= 15 is 0 Å². The molecule has 1 atom stereocenters. The molecule has 2 N–H and O–H groups in total. The van der Waals surface area contributed by atoms with Crippen LogP contribution in [0.25, 0.3) is 0 Å². The maximum atomic E-state index is 11.8. The molecule has 0 aliphatic rings. The summed E-state index contributed by atoms with van der Waals surface area (Å²) < 4.78 is 10.3. The summed E-state index contributed by atoms with van der Waals surface area (Å²) in [6, 6.07) is 0. The van der Waals surface area contributed by atoms with Crippen LogP contribution in [0.1, 0.15) is 53.9 Å². The molecule has 21 heavy (non-hydrogen) atoms. The zero-order chi connectivity index (χ0) is 16.5. The molecule has 0 aromatic heterocycles. The number of hydrogen-bond donors (Lipinski definition) is 2. The fourth-order valence-corrected chi connectivity index (χ4v) is 2.49. The molecule has 0 bridgehead atoms. The first-order valence-electron chi connectivity index (χ1n) is 7.71. The third kappa shape index (κ3) is 9.69. The zero-order valence-corrected chi connectivity index (χ0v) is 14.5. The Morgan fingerprint density at radius 2 is 1.90 bits per heavy atom. The highest BCUT2D eigenvalue weighted by atomic mass is 16.6. The lowest BCUT2D eigenvalue weighted by atomic mass is 9.77. The number of aliphatic hydroxyl groups excluding tert-OH is 1. The highest BCUT2D eigenvalue weighted by molar-refractivity contribution is 5.67. The highest BCUT2D eigenvalue weighted by Crippen LogP contribution is 2.31. The number of amides is 1. The SMILES string of the molecule is COCCCC(CO)(CNC(=O)OC(C)(C)C)CC(C)C. The third-order valence-electron chi connectivity index (χ3n) is 3.24. The molecule has 1 amide bonds. The van der Waals surface area contributed by atoms with E-state index in [0.717, 1.165) is 19.3 Å². The molecule has 0 saturated heterocycles. The predicted molar refractivity (Wildman–Crippen MR) is 84.3 cm³/mol. The Morgan fingerprint density at radius 3 is 2.33 bits per heavy atom. The number of carbonyl (C=O) groups is 1. The minimum Gasteiger partial charge on any atom is -0.444 e. The molecule has 0 fully saturated rings. The van der Waals surface area contributed by atoms with Crippen molar-refractivity contribution in [2.45, 2.75) is 59.5 Å². The lowest BCUT2D eigenvalue weighted by Gasteiger charge is -2.34. The lowest BCUT2D eigenvalue weighted by molar-refractivity contribution is 0.0407. The van der Waals surface area contributed by atoms with Crippen LogP contribution in [0, 0.1) is 11.3 Å². The Morgan fingerprint density at radius 1 is 1.29 bits per heavy atom. The Bertz CT molecular complexity index is 299. The molecule has 0 heterocycles. The van der Waals surface area contributed by atoms with Gasteiger partial charge in [-0.25, -0.2) is 4.79 Å². The Balaban J connectivity index is 4.60. The molecular weight excluding hydrogens is 270 g/mol. The Hall–Kier alpha value is -0.810. The molecule has 1 unspecified atom stereocenters. The van der Waals surface area contributed by atoms with Gasteiger partial charge in [-0.3, -0.25) is 0 Å². The van der Waals surface area contributed by atoms with Crippen molar-refractivity contribution < 1.29 is 19.4 Å². The quantitative estimate of drug-likeness (QED) is 0.643. The number of hydrogen-bond acceptors (Lipinski definition) is 4. The topological polar surface area (TPSA) is 67.8 Å². The Labute approximate surface area is 129 Å². The summed E-state index contributed by atoms with van der Waals surface area (Å²) in [4.78, 5) is 11.8. The number of alkyl carbamates (subject to hydrolysis) is 1. The van der Waals surface area contributed by atoms with Crippen molar-refractivity contribution in [3.8, 4) is 0 Å². The molecule has 0 aliphatic carbocycles. The van der Waals surface area contributed by atoms with E-state index in [1.165, 1.54) is 0 Å². The molecule has 0 rings (SSSR count). The van der Waals surface area contributed by atoms with Gasteiger partial charge in [0.15, 0.2) is 0 Å². The lowest BCUT2D eigenvalue weighted by Crippen LogP contribution is -2.43. The molecule has 0 aromatic carbocycles. The molecular formula is C16H33NO4. The second kappa shape index (κ2) is 9.26. The first kappa shape index (κ1) is 20.2. The van der Waals surface area contributed by atoms with E-state index in [-0.39, 0.29) is 12.0 Å². The van der Waals surface area contributed by atoms with Crippen molar-refractivity contribution in [1.29, 1.82) is 0 Å². The van der Waals surface area contributed by atoms with Crippen molar-refractivity contribution in [2.75, 3.05) is 26.9 Å². The fourth-order valence-electron chi connectivity index (χ4n) is 2.49. The van der Waals surface area contributed by atoms with Crippen molar-refractivity contribution >= 4 is 6.09 Å². The van der Waals surface area contributed by atoms with Crippen LogP contribution in [0.3, 0.4) is 0 Å². The number of aliphatic hydroxyl groups is 1. The van der Waals surface area contributed by atoms with Gasteiger partial charge in [0.05, 0.1) is 6.61 Å². The molecule has 0 aliphatic heterocycles. The molecule has 126 valence electrons. The van der Waals surface area contributed by atoms with E-state index in [2.05, 4.69) is 19.2 Å². The second-order valence-corrected chi connectivity index (χ2v) is 7.21. The first-order chi connectivity index (χ1) is 9.64. The van der Waals surface area contributed by atoms with Crippen molar-refractivity contribution in [3.63, 3.8) is 0 Å². The van der Waals surface area contributed by atoms with Crippen molar-refractivity contribution in [3.05, 3.63) is 0 Å². The normalized spacial score (nSPS) is 14.9. The number of nitrogens with one attached hydrogen (secondary N) is 1. The van der Waals surface area contributed by atoms with Crippen molar-refractivity contribution in [1.82, 2.24) is 5.32 Å². The summed E-state index contributed by atoms with van der Waals surface area (Å²) in [7, 11) is 1.67. The standard InChI is InChI=1S/C16H33NO4/c1-13(2)10-16(12-18,8-7-9-20-6)11-17-14(19)21-15(3,4)5/h13,18H,7-12H2,1-6H3,(H,17,19). The largest absolute Gasteiger partial charge is 0.444 e. The predicted octanol–water partition coefficient (Wildman–Crippen LogP) is 2.96. The summed E-state index contributed by atoms with van der Waals surface area (Å²) in [6.45, 7) is 10.9. The maximum absolute atomic E-state index is 11.8. The summed E-state index contributed by atoms with van der Waals surface area (Å²) in [5.74, 6) is 0.445. The van der Waals surface area contributed by atoms with Gasteiger partial charge in [0.1, 0.15) is 5.60 Å². The number of rotatable bonds is 9. The number of methoxy groups -OCH3 is 1. The van der Waals surface area contributed by atoms with Crippen LogP contribution in [0.4, 0.5) is 4.79 Å². The van der Waals surface area contributed by atoms with Gasteiger partial charge in [0.25, 0.3) is 0 Å². The first-order valence-corrected chi connectivity index (χ1v) is 7.71. The molecule has 5 nitrogen and oxygen atoms in total. The van der Waals surface area contributed by atoms with E-state index in [0.29, 0.717) is 19.1 Å². The minimum absolute atomic E-state index is 0.0463. The summed E-state index contributed by atoms with van der Waals surface area (Å²) in [5.41, 5.74) is -0.830. The molecule has 0 saturated carbocycles. The van der Waals surface area contributed by atoms with Gasteiger partial charge in [-0.2, -0.15) is 0 Å². The van der Waals surface area contributed by atoms with Crippen LogP contribution in [0.15, 0.2) is 0 Å². The minimum atomic E-state index is -0.514. The monoisotopic (exact) mass is 303 g/mol. The van der Waals surface area contributed by atoms with Gasteiger partial charge in [0.2, 0.25) is 0 Å². The third-order valence-corrected chi connectivity index (χ3v) is 3.24. The molecule has 5 heteroatoms. The Kier molecular flexibility index (Phi) is 8.90. The van der Waals surface area contributed by atoms with Crippen LogP contribution in [-0.2, 0) is 9.47 Å². The fraction of sp³-hybridized carbons (Fsp3) is 0.938. The van der Waals surface area contributed by atoms with Gasteiger partial charge < -0.3 is 19.9 Å². The van der Waals surface area contributed by atoms with E-state index < -0.39 is 11.7 Å². The van der Waals surface area contributed by atoms with E-state index in [1.54, 1.807) is 7.11 Å². The molecule has 0 radical (unpaired) electrons. The smallest absolute Gasteiger partial charge is 0.407 e. The highest BCUT2D eigenvalue weighted by Gasteiger charge is 2.31. The molecule has 0 aromatic rings. The zero-order valence-electron chi connectivity index (χ0n) is 14.5. The van der Waals surface area contributed by atoms with E-state index in [4.69, 9.17) is 9.47 Å². The van der Waals surface area contributed by atoms with Crippen LogP contribution in [-0.4, -0.2) is 43.7 Å². The average molecular weight is 303 g/mol. The summed E-state index contributed by atoms with van der Waals surface area (Å²) >= 11 is 0. The van der Waals surface area contributed by atoms with E-state index in [9.17, 15) is 9.90 Å². The van der Waals surface area contributed by atoms with Gasteiger partial charge >= 0.3 is 6.09 Å². The number of ether oxygens (including phenoxy) is 2. The summed E-state index contributed by atoms with van der Waals surface area (Å²) in [6.07, 6.45) is 2.09. The van der Waals surface area contributed by atoms with Gasteiger partial charge in [0, 0.05) is 25.7 Å². The van der Waals surface area contributed by atoms with Crippen LogP contribution < -0.4 is 5.32 Å². The number of carbonyl (C=O) groups excluding carboxylic acids is 1. The molecule has 0 spiro atoms. The van der Waals surface area contributed by atoms with Crippen LogP contribution >= 0.6 is 0 Å². The average Bonchev–Trinajstić information content (AvgIpc) is 2.33. The van der Waals surface area contributed by atoms with Crippen LogP contribution in [0.2, 0.25) is 0 Å². The van der Waals surface area contributed by atoms with Gasteiger partial charge in [-0.05, 0) is 46.0 Å². The van der Waals surface area contributed by atoms with Gasteiger partial charge in [-0.15, -0.1) is 0 Å². The van der Waals surface area contributed by atoms with Gasteiger partial charge in [-0.1, -0.05) is 13.8 Å². The summed E-state index contributed by atoms with van der Waals surface area (Å²) in [5, 5.41) is 12.6. The van der Waals surface area contributed by atoms with Crippen molar-refractivity contribution in [2.24, 2.45) is 11.3 Å². The van der Waals surface area contributed by atoms with E-state index in [1.807, 2.05) is 20.8 Å².